The molecule has 3 aromatic heterocycles. The Morgan fingerprint density at radius 3 is 1.89 bits per heavy atom. The molecule has 3 heterocycles. The predicted molar refractivity (Wildman–Crippen MR) is 251 cm³/mol. The van der Waals surface area contributed by atoms with E-state index in [1.54, 1.807) is 0 Å². The van der Waals surface area contributed by atoms with Gasteiger partial charge in [0.25, 0.3) is 0 Å². The van der Waals surface area contributed by atoms with Crippen molar-refractivity contribution in [2.75, 3.05) is 0 Å². The number of aromatic nitrogens is 2. The summed E-state index contributed by atoms with van der Waals surface area (Å²) in [6.07, 6.45) is 0. The largest absolute Gasteiger partial charge is 0.456 e. The van der Waals surface area contributed by atoms with Crippen molar-refractivity contribution in [1.82, 2.24) is 9.97 Å². The molecule has 0 amide bonds. The predicted octanol–water partition coefficient (Wildman–Crippen LogP) is 15.6. The zero-order valence-electron chi connectivity index (χ0n) is 33.5. The SMILES string of the molecule is CC1(C)c2cc3ccccc3cc2-c2c(-c3cc(-c4ccc5cc(-c6cccc7oc8cc9c(cc8c67)oc6ccccc69)ccc5c4)nc(-c4ccccc4)n3)cccc21. The maximum absolute atomic E-state index is 6.49. The standard InChI is InChI=1S/C57H36N2O2/c1-57(2)46-19-10-18-42(54(46)44-28-34-14-6-7-15-35(34)29-47(44)57)49-32-48(58-56(59-49)33-12-4-3-5-13-33)39-25-23-36-26-38(24-22-37(36)27-39)40-17-11-21-51-55(40)45-31-52-43(30-53(45)61-51)41-16-8-9-20-50(41)60-52/h3-32H,1-2H3. The second kappa shape index (κ2) is 12.6. The van der Waals surface area contributed by atoms with Gasteiger partial charge in [0.15, 0.2) is 5.82 Å². The van der Waals surface area contributed by atoms with Crippen LogP contribution < -0.4 is 0 Å². The minimum atomic E-state index is -0.155. The van der Waals surface area contributed by atoms with Crippen LogP contribution in [0.4, 0.5) is 0 Å². The van der Waals surface area contributed by atoms with Crippen molar-refractivity contribution in [3.8, 4) is 56.2 Å². The summed E-state index contributed by atoms with van der Waals surface area (Å²) in [6.45, 7) is 4.68. The monoisotopic (exact) mass is 780 g/mol. The fraction of sp³-hybridized carbons (Fsp3) is 0.0526. The van der Waals surface area contributed by atoms with Crippen LogP contribution in [0.25, 0.3) is 122 Å². The van der Waals surface area contributed by atoms with Crippen molar-refractivity contribution in [3.05, 3.63) is 193 Å². The number of hydrogen-bond donors (Lipinski definition) is 0. The summed E-state index contributed by atoms with van der Waals surface area (Å²) in [7, 11) is 0. The van der Waals surface area contributed by atoms with Gasteiger partial charge in [0.05, 0.1) is 11.4 Å². The lowest BCUT2D eigenvalue weighted by molar-refractivity contribution is 0.661. The molecular formula is C57H36N2O2. The summed E-state index contributed by atoms with van der Waals surface area (Å²) in [5.41, 5.74) is 15.7. The zero-order chi connectivity index (χ0) is 40.4. The molecule has 4 heteroatoms. The molecule has 0 fully saturated rings. The van der Waals surface area contributed by atoms with E-state index in [0.717, 1.165) is 93.9 Å². The van der Waals surface area contributed by atoms with E-state index in [9.17, 15) is 0 Å². The van der Waals surface area contributed by atoms with E-state index < -0.39 is 0 Å². The third-order valence-electron chi connectivity index (χ3n) is 13.0. The Morgan fingerprint density at radius 2 is 1.02 bits per heavy atom. The Balaban J connectivity index is 0.943. The molecule has 0 radical (unpaired) electrons. The van der Waals surface area contributed by atoms with Crippen LogP contribution in [-0.2, 0) is 5.41 Å². The molecule has 0 saturated heterocycles. The minimum absolute atomic E-state index is 0.155. The number of hydrogen-bond acceptors (Lipinski definition) is 4. The van der Waals surface area contributed by atoms with E-state index in [-0.39, 0.29) is 5.41 Å². The van der Waals surface area contributed by atoms with E-state index >= 15 is 0 Å². The highest BCUT2D eigenvalue weighted by atomic mass is 16.3. The molecule has 0 spiro atoms. The first-order chi connectivity index (χ1) is 29.9. The van der Waals surface area contributed by atoms with Gasteiger partial charge in [0.1, 0.15) is 22.3 Å². The van der Waals surface area contributed by atoms with Gasteiger partial charge >= 0.3 is 0 Å². The van der Waals surface area contributed by atoms with Crippen molar-refractivity contribution in [2.24, 2.45) is 0 Å². The van der Waals surface area contributed by atoms with Gasteiger partial charge in [-0.2, -0.15) is 0 Å². The molecule has 1 aliphatic carbocycles. The van der Waals surface area contributed by atoms with Crippen LogP contribution >= 0.6 is 0 Å². The van der Waals surface area contributed by atoms with Gasteiger partial charge in [-0.1, -0.05) is 141 Å². The summed E-state index contributed by atoms with van der Waals surface area (Å²) in [5, 5.41) is 9.08. The lowest BCUT2D eigenvalue weighted by Crippen LogP contribution is -2.14. The van der Waals surface area contributed by atoms with E-state index in [1.807, 2.05) is 24.3 Å². The Kier molecular flexibility index (Phi) is 7.04. The van der Waals surface area contributed by atoms with Gasteiger partial charge in [-0.25, -0.2) is 9.97 Å². The third kappa shape index (κ3) is 5.12. The molecule has 61 heavy (non-hydrogen) atoms. The summed E-state index contributed by atoms with van der Waals surface area (Å²) < 4.78 is 12.8. The van der Waals surface area contributed by atoms with E-state index in [1.165, 1.54) is 33.0 Å². The van der Waals surface area contributed by atoms with Crippen molar-refractivity contribution < 1.29 is 8.83 Å². The maximum atomic E-state index is 6.49. The van der Waals surface area contributed by atoms with Gasteiger partial charge in [-0.05, 0) is 110 Å². The fourth-order valence-corrected chi connectivity index (χ4v) is 9.99. The molecule has 0 bridgehead atoms. The number of rotatable bonds is 4. The first-order valence-corrected chi connectivity index (χ1v) is 20.9. The number of nitrogens with zero attached hydrogens (tertiary/aromatic N) is 2. The molecular weight excluding hydrogens is 745 g/mol. The second-order valence-corrected chi connectivity index (χ2v) is 16.9. The normalized spacial score (nSPS) is 13.2. The molecule has 4 nitrogen and oxygen atoms in total. The molecule has 0 unspecified atom stereocenters. The van der Waals surface area contributed by atoms with Gasteiger partial charge in [0, 0.05) is 43.7 Å². The van der Waals surface area contributed by atoms with Gasteiger partial charge in [0.2, 0.25) is 0 Å². The van der Waals surface area contributed by atoms with Gasteiger partial charge in [-0.15, -0.1) is 0 Å². The van der Waals surface area contributed by atoms with Crippen LogP contribution in [0.2, 0.25) is 0 Å². The smallest absolute Gasteiger partial charge is 0.160 e. The van der Waals surface area contributed by atoms with Crippen LogP contribution in [0, 0.1) is 0 Å². The fourth-order valence-electron chi connectivity index (χ4n) is 9.99. The third-order valence-corrected chi connectivity index (χ3v) is 13.0. The van der Waals surface area contributed by atoms with Crippen molar-refractivity contribution >= 4 is 65.4 Å². The van der Waals surface area contributed by atoms with E-state index in [0.29, 0.717) is 5.82 Å². The number of benzene rings is 9. The molecule has 0 aliphatic heterocycles. The molecule has 0 atom stereocenters. The number of fused-ring (bicyclic) bond motifs is 11. The Hall–Kier alpha value is -7.82. The highest BCUT2D eigenvalue weighted by Crippen LogP contribution is 2.53. The first-order valence-electron chi connectivity index (χ1n) is 20.9. The lowest BCUT2D eigenvalue weighted by Gasteiger charge is -2.22. The van der Waals surface area contributed by atoms with Crippen LogP contribution in [0.5, 0.6) is 0 Å². The molecule has 9 aromatic carbocycles. The van der Waals surface area contributed by atoms with Gasteiger partial charge in [-0.3, -0.25) is 0 Å². The van der Waals surface area contributed by atoms with Crippen molar-refractivity contribution in [2.45, 2.75) is 19.3 Å². The molecule has 1 aliphatic rings. The first kappa shape index (κ1) is 34.1. The van der Waals surface area contributed by atoms with Crippen LogP contribution in [-0.4, -0.2) is 9.97 Å². The molecule has 12 aromatic rings. The van der Waals surface area contributed by atoms with Crippen LogP contribution in [0.15, 0.2) is 191 Å². The molecule has 0 N–H and O–H groups in total. The zero-order valence-corrected chi connectivity index (χ0v) is 33.5. The number of furan rings is 2. The van der Waals surface area contributed by atoms with Crippen molar-refractivity contribution in [1.29, 1.82) is 0 Å². The maximum Gasteiger partial charge on any atom is 0.160 e. The molecule has 13 rings (SSSR count). The Bertz CT molecular complexity index is 3800. The van der Waals surface area contributed by atoms with E-state index in [2.05, 4.69) is 172 Å². The highest BCUT2D eigenvalue weighted by molar-refractivity contribution is 6.18. The lowest BCUT2D eigenvalue weighted by atomic mass is 9.81. The Labute approximate surface area is 351 Å². The summed E-state index contributed by atoms with van der Waals surface area (Å²) in [4.78, 5) is 10.6. The average Bonchev–Trinajstić information content (AvgIpc) is 3.93. The number of para-hydroxylation sites is 1. The van der Waals surface area contributed by atoms with E-state index in [4.69, 9.17) is 18.8 Å². The highest BCUT2D eigenvalue weighted by Gasteiger charge is 2.37. The average molecular weight is 781 g/mol. The summed E-state index contributed by atoms with van der Waals surface area (Å²) >= 11 is 0. The second-order valence-electron chi connectivity index (χ2n) is 16.9. The molecule has 0 saturated carbocycles. The topological polar surface area (TPSA) is 52.1 Å². The molecule has 286 valence electrons. The Morgan fingerprint density at radius 1 is 0.377 bits per heavy atom. The van der Waals surface area contributed by atoms with Crippen LogP contribution in [0.1, 0.15) is 25.0 Å². The van der Waals surface area contributed by atoms with Crippen LogP contribution in [0.3, 0.4) is 0 Å². The van der Waals surface area contributed by atoms with Crippen molar-refractivity contribution in [3.63, 3.8) is 0 Å². The quantitative estimate of drug-likeness (QED) is 0.178. The summed E-state index contributed by atoms with van der Waals surface area (Å²) in [6, 6.07) is 64.7. The summed E-state index contributed by atoms with van der Waals surface area (Å²) in [5.74, 6) is 0.706. The minimum Gasteiger partial charge on any atom is -0.456 e. The van der Waals surface area contributed by atoms with Gasteiger partial charge < -0.3 is 8.83 Å².